The summed E-state index contributed by atoms with van der Waals surface area (Å²) in [7, 11) is 0. The van der Waals surface area contributed by atoms with Gasteiger partial charge in [-0.3, -0.25) is 29.5 Å². The Bertz CT molecular complexity index is 1510. The van der Waals surface area contributed by atoms with Crippen LogP contribution in [0.1, 0.15) is 68.0 Å². The zero-order valence-electron chi connectivity index (χ0n) is 24.4. The van der Waals surface area contributed by atoms with E-state index in [1.54, 1.807) is 29.4 Å². The summed E-state index contributed by atoms with van der Waals surface area (Å²) >= 11 is 0. The molecule has 0 bridgehead atoms. The number of anilines is 1. The predicted octanol–water partition coefficient (Wildman–Crippen LogP) is 3.00. The Kier molecular flexibility index (Phi) is 6.87. The lowest BCUT2D eigenvalue weighted by molar-refractivity contribution is -0.139. The normalized spacial score (nSPS) is 21.5. The lowest BCUT2D eigenvalue weighted by Crippen LogP contribution is -2.61. The van der Waals surface area contributed by atoms with Gasteiger partial charge < -0.3 is 10.2 Å². The first kappa shape index (κ1) is 27.7. The summed E-state index contributed by atoms with van der Waals surface area (Å²) in [6, 6.07) is 5.41. The van der Waals surface area contributed by atoms with E-state index in [0.29, 0.717) is 37.4 Å². The van der Waals surface area contributed by atoms with Crippen LogP contribution in [0.15, 0.2) is 30.7 Å². The average molecular weight is 569 g/mol. The third-order valence-corrected chi connectivity index (χ3v) is 8.46. The van der Waals surface area contributed by atoms with Gasteiger partial charge in [-0.05, 0) is 72.4 Å². The van der Waals surface area contributed by atoms with Crippen LogP contribution in [-0.2, 0) is 29.0 Å². The molecule has 0 saturated carbocycles. The minimum atomic E-state index is -1.13. The van der Waals surface area contributed by atoms with Crippen molar-refractivity contribution < 1.29 is 14.4 Å². The molecule has 0 aromatic carbocycles. The number of nitrogens with zero attached hydrogens (tertiary/aromatic N) is 7. The van der Waals surface area contributed by atoms with E-state index in [-0.39, 0.29) is 36.9 Å². The maximum atomic E-state index is 13.8. The molecule has 4 aliphatic rings. The molecule has 6 rings (SSSR count). The van der Waals surface area contributed by atoms with Gasteiger partial charge in [0.1, 0.15) is 23.8 Å². The number of aromatic nitrogens is 2. The fraction of sp³-hybridized carbons (Fsp3) is 0.484. The van der Waals surface area contributed by atoms with Crippen molar-refractivity contribution >= 4 is 29.7 Å². The van der Waals surface area contributed by atoms with Crippen LogP contribution in [0.5, 0.6) is 0 Å². The number of urea groups is 1. The van der Waals surface area contributed by atoms with E-state index in [1.165, 1.54) is 10.5 Å². The molecule has 4 amide bonds. The minimum Gasteiger partial charge on any atom is -0.338 e. The van der Waals surface area contributed by atoms with Crippen molar-refractivity contribution in [3.05, 3.63) is 58.7 Å². The number of nitrogens with one attached hydrogen (secondary N) is 1. The van der Waals surface area contributed by atoms with Gasteiger partial charge in [-0.25, -0.2) is 9.78 Å². The summed E-state index contributed by atoms with van der Waals surface area (Å²) in [5, 5.41) is 16.7. The van der Waals surface area contributed by atoms with Crippen LogP contribution in [0.2, 0.25) is 0 Å². The summed E-state index contributed by atoms with van der Waals surface area (Å²) in [6.45, 7) is 7.82. The minimum absolute atomic E-state index is 0.0472. The summed E-state index contributed by atoms with van der Waals surface area (Å²) < 4.78 is 0. The van der Waals surface area contributed by atoms with Crippen molar-refractivity contribution in [2.75, 3.05) is 31.2 Å². The molecule has 218 valence electrons. The van der Waals surface area contributed by atoms with Crippen LogP contribution in [0, 0.1) is 16.7 Å². The fourth-order valence-corrected chi connectivity index (χ4v) is 6.53. The fourth-order valence-electron chi connectivity index (χ4n) is 6.53. The van der Waals surface area contributed by atoms with E-state index < -0.39 is 11.6 Å². The van der Waals surface area contributed by atoms with Crippen LogP contribution in [0.3, 0.4) is 0 Å². The number of piperidine rings is 1. The molecule has 0 radical (unpaired) electrons. The molecule has 42 heavy (non-hydrogen) atoms. The Hall–Kier alpha value is -4.46. The number of likely N-dealkylation sites (tertiary alicyclic amines) is 1. The maximum absolute atomic E-state index is 13.8. The number of amides is 4. The molecule has 1 spiro atoms. The van der Waals surface area contributed by atoms with E-state index in [4.69, 9.17) is 4.98 Å². The quantitative estimate of drug-likeness (QED) is 0.546. The molecular formula is C31H36N8O3. The molecule has 11 heteroatoms. The zero-order valence-corrected chi connectivity index (χ0v) is 24.4. The molecule has 2 fully saturated rings. The van der Waals surface area contributed by atoms with Crippen molar-refractivity contribution in [1.29, 1.82) is 5.26 Å². The van der Waals surface area contributed by atoms with Gasteiger partial charge in [0.15, 0.2) is 5.82 Å². The first-order chi connectivity index (χ1) is 20.1. The Morgan fingerprint density at radius 3 is 2.64 bits per heavy atom. The van der Waals surface area contributed by atoms with Crippen molar-refractivity contribution in [2.24, 2.45) is 5.41 Å². The standard InChI is InChI=1S/C31H36N8O3/c1-30(2,3)19-39-27-24(22-6-4-7-23(22)25(16-32)34-27)10-15-37(39)18-26(40)36-14-5-11-31(20-36)28(41)38(29(42)35-31)17-21-8-12-33-13-9-21/h8-10,12-13,15H,4-7,11,14,17-20H2,1-3H3,(H,35,42). The summed E-state index contributed by atoms with van der Waals surface area (Å²) in [4.78, 5) is 52.0. The number of carbonyl (C=O) groups is 3. The Morgan fingerprint density at radius 2 is 1.90 bits per heavy atom. The lowest BCUT2D eigenvalue weighted by Gasteiger charge is -2.43. The number of hydrazine groups is 1. The molecule has 1 aliphatic carbocycles. The maximum Gasteiger partial charge on any atom is 0.325 e. The van der Waals surface area contributed by atoms with Crippen molar-refractivity contribution in [3.8, 4) is 6.07 Å². The number of imide groups is 1. The summed E-state index contributed by atoms with van der Waals surface area (Å²) in [5.41, 5.74) is 3.28. The van der Waals surface area contributed by atoms with Gasteiger partial charge in [-0.2, -0.15) is 5.26 Å². The number of hydrogen-bond donors (Lipinski definition) is 1. The van der Waals surface area contributed by atoms with Gasteiger partial charge in [0.25, 0.3) is 5.91 Å². The number of nitriles is 1. The number of carbonyl (C=O) groups excluding carboxylic acids is 3. The lowest BCUT2D eigenvalue weighted by atomic mass is 9.88. The predicted molar refractivity (Wildman–Crippen MR) is 155 cm³/mol. The molecule has 5 heterocycles. The molecule has 3 aliphatic heterocycles. The monoisotopic (exact) mass is 568 g/mol. The largest absolute Gasteiger partial charge is 0.338 e. The van der Waals surface area contributed by atoms with E-state index in [0.717, 1.165) is 36.0 Å². The van der Waals surface area contributed by atoms with Gasteiger partial charge in [-0.1, -0.05) is 20.8 Å². The molecule has 2 saturated heterocycles. The van der Waals surface area contributed by atoms with Gasteiger partial charge in [0, 0.05) is 37.2 Å². The van der Waals surface area contributed by atoms with Gasteiger partial charge in [0.2, 0.25) is 5.91 Å². The van der Waals surface area contributed by atoms with Crippen molar-refractivity contribution in [3.63, 3.8) is 0 Å². The van der Waals surface area contributed by atoms with E-state index in [9.17, 15) is 19.6 Å². The molecule has 1 atom stereocenters. The highest BCUT2D eigenvalue weighted by atomic mass is 16.2. The van der Waals surface area contributed by atoms with Crippen LogP contribution in [0.4, 0.5) is 10.6 Å². The highest BCUT2D eigenvalue weighted by Gasteiger charge is 2.53. The average Bonchev–Trinajstić information content (AvgIpc) is 3.53. The van der Waals surface area contributed by atoms with E-state index in [2.05, 4.69) is 37.1 Å². The highest BCUT2D eigenvalue weighted by molar-refractivity contribution is 6.07. The molecule has 2 aromatic rings. The number of fused-ring (bicyclic) bond motifs is 3. The third-order valence-electron chi connectivity index (χ3n) is 8.46. The van der Waals surface area contributed by atoms with Crippen molar-refractivity contribution in [1.82, 2.24) is 30.1 Å². The second kappa shape index (κ2) is 10.4. The van der Waals surface area contributed by atoms with Crippen LogP contribution in [0.25, 0.3) is 6.08 Å². The topological polar surface area (TPSA) is 126 Å². The Balaban J connectivity index is 1.22. The van der Waals surface area contributed by atoms with Crippen LogP contribution >= 0.6 is 0 Å². The molecular weight excluding hydrogens is 532 g/mol. The number of hydrogen-bond acceptors (Lipinski definition) is 8. The smallest absolute Gasteiger partial charge is 0.325 e. The van der Waals surface area contributed by atoms with Gasteiger partial charge in [-0.15, -0.1) is 0 Å². The molecule has 11 nitrogen and oxygen atoms in total. The first-order valence-corrected chi connectivity index (χ1v) is 14.6. The summed E-state index contributed by atoms with van der Waals surface area (Å²) in [6.07, 6.45) is 11.1. The number of rotatable bonds is 5. The Labute approximate surface area is 245 Å². The zero-order chi connectivity index (χ0) is 29.6. The number of pyridine rings is 2. The second-order valence-electron chi connectivity index (χ2n) is 12.8. The summed E-state index contributed by atoms with van der Waals surface area (Å²) in [5.74, 6) is 0.264. The Morgan fingerprint density at radius 1 is 1.14 bits per heavy atom. The molecule has 1 N–H and O–H groups in total. The third kappa shape index (κ3) is 4.95. The highest BCUT2D eigenvalue weighted by Crippen LogP contribution is 2.38. The molecule has 1 unspecified atom stereocenters. The van der Waals surface area contributed by atoms with E-state index in [1.807, 2.05) is 22.3 Å². The van der Waals surface area contributed by atoms with Crippen molar-refractivity contribution in [2.45, 2.75) is 65.0 Å². The SMILES string of the molecule is CC(C)(C)CN1c2nc(C#N)c3c(c2C=CN1CC(=O)N1CCCC2(C1)NC(=O)N(Cc1ccncc1)C2=O)CCC3. The molecule has 2 aromatic heterocycles. The first-order valence-electron chi connectivity index (χ1n) is 14.6. The van der Waals surface area contributed by atoms with Gasteiger partial charge in [0.05, 0.1) is 13.1 Å². The van der Waals surface area contributed by atoms with E-state index >= 15 is 0 Å². The van der Waals surface area contributed by atoms with Gasteiger partial charge >= 0.3 is 6.03 Å². The van der Waals surface area contributed by atoms with Crippen LogP contribution in [-0.4, -0.2) is 74.3 Å². The van der Waals surface area contributed by atoms with Crippen LogP contribution < -0.4 is 10.3 Å². The second-order valence-corrected chi connectivity index (χ2v) is 12.8.